The van der Waals surface area contributed by atoms with Crippen LogP contribution in [0, 0.1) is 13.8 Å². The number of aryl methyl sites for hydroxylation is 1. The number of anilines is 1. The van der Waals surface area contributed by atoms with Crippen molar-refractivity contribution in [1.82, 2.24) is 0 Å². The fraction of sp³-hybridized carbons (Fsp3) is 0.200. The lowest BCUT2D eigenvalue weighted by molar-refractivity contribution is -0.113. The summed E-state index contributed by atoms with van der Waals surface area (Å²) in [4.78, 5) is 15.1. The average Bonchev–Trinajstić information content (AvgIpc) is 2.91. The minimum absolute atomic E-state index is 0.108. The van der Waals surface area contributed by atoms with Crippen LogP contribution in [-0.2, 0) is 4.79 Å². The topological polar surface area (TPSA) is 38.8 Å². The van der Waals surface area contributed by atoms with Crippen molar-refractivity contribution in [3.8, 4) is 11.5 Å². The van der Waals surface area contributed by atoms with Gasteiger partial charge in [0.2, 0.25) is 0 Å². The number of hydrogen-bond donors (Lipinski definition) is 0. The Hall–Kier alpha value is -2.31. The molecule has 2 aromatic rings. The van der Waals surface area contributed by atoms with Crippen LogP contribution in [-0.4, -0.2) is 24.4 Å². The second-order valence-electron chi connectivity index (χ2n) is 5.85. The van der Waals surface area contributed by atoms with Crippen LogP contribution in [0.4, 0.5) is 5.69 Å². The van der Waals surface area contributed by atoms with Crippen LogP contribution in [0.1, 0.15) is 16.7 Å². The zero-order valence-electron chi connectivity index (χ0n) is 15.0. The van der Waals surface area contributed by atoms with Crippen molar-refractivity contribution in [3.63, 3.8) is 0 Å². The summed E-state index contributed by atoms with van der Waals surface area (Å²) >= 11 is 6.77. The molecular formula is C20H19NO3S2. The molecular weight excluding hydrogens is 366 g/mol. The Balaban J connectivity index is 1.96. The van der Waals surface area contributed by atoms with Crippen LogP contribution in [0.5, 0.6) is 11.5 Å². The van der Waals surface area contributed by atoms with E-state index in [4.69, 9.17) is 21.7 Å². The Bertz CT molecular complexity index is 921. The van der Waals surface area contributed by atoms with E-state index in [0.29, 0.717) is 20.7 Å². The summed E-state index contributed by atoms with van der Waals surface area (Å²) in [7, 11) is 3.18. The van der Waals surface area contributed by atoms with Crippen LogP contribution < -0.4 is 14.4 Å². The molecule has 1 heterocycles. The smallest absolute Gasteiger partial charge is 0.270 e. The number of ether oxygens (including phenoxy) is 2. The van der Waals surface area contributed by atoms with Crippen molar-refractivity contribution >= 4 is 46.0 Å². The lowest BCUT2D eigenvalue weighted by atomic mass is 10.1. The molecule has 1 aliphatic heterocycles. The molecule has 0 aliphatic carbocycles. The van der Waals surface area contributed by atoms with Crippen molar-refractivity contribution < 1.29 is 14.3 Å². The monoisotopic (exact) mass is 385 g/mol. The predicted molar refractivity (Wildman–Crippen MR) is 111 cm³/mol. The highest BCUT2D eigenvalue weighted by atomic mass is 32.2. The molecule has 6 heteroatoms. The summed E-state index contributed by atoms with van der Waals surface area (Å²) in [5.74, 6) is 1.15. The molecule has 0 radical (unpaired) electrons. The van der Waals surface area contributed by atoms with E-state index in [1.165, 1.54) is 11.8 Å². The Morgan fingerprint density at radius 2 is 1.81 bits per heavy atom. The lowest BCUT2D eigenvalue weighted by Gasteiger charge is -2.18. The first kappa shape index (κ1) is 18.5. The largest absolute Gasteiger partial charge is 0.493 e. The molecule has 0 bridgehead atoms. The van der Waals surface area contributed by atoms with Crippen molar-refractivity contribution in [2.75, 3.05) is 19.1 Å². The first-order chi connectivity index (χ1) is 12.5. The minimum atomic E-state index is -0.108. The van der Waals surface area contributed by atoms with Gasteiger partial charge in [0.05, 0.1) is 24.8 Å². The van der Waals surface area contributed by atoms with Crippen LogP contribution in [0.3, 0.4) is 0 Å². The standard InChI is InChI=1S/C20H19NO3S2/c1-12-6-5-7-15(13(12)2)21-19(22)18(26-20(21)25)11-14-8-9-16(23-3)17(10-14)24-4/h5-11H,1-4H3. The molecule has 0 atom stereocenters. The van der Waals surface area contributed by atoms with Crippen molar-refractivity contribution in [1.29, 1.82) is 0 Å². The molecule has 1 amide bonds. The van der Waals surface area contributed by atoms with Gasteiger partial charge in [-0.3, -0.25) is 9.69 Å². The van der Waals surface area contributed by atoms with Gasteiger partial charge in [-0.1, -0.05) is 42.2 Å². The van der Waals surface area contributed by atoms with E-state index in [9.17, 15) is 4.79 Å². The van der Waals surface area contributed by atoms with E-state index in [0.717, 1.165) is 22.4 Å². The molecule has 3 rings (SSSR count). The van der Waals surface area contributed by atoms with Crippen molar-refractivity contribution in [3.05, 3.63) is 58.0 Å². The van der Waals surface area contributed by atoms with E-state index in [1.54, 1.807) is 19.1 Å². The van der Waals surface area contributed by atoms with Gasteiger partial charge in [0.15, 0.2) is 15.8 Å². The molecule has 1 fully saturated rings. The maximum absolute atomic E-state index is 13.0. The van der Waals surface area contributed by atoms with E-state index in [1.807, 2.05) is 56.3 Å². The van der Waals surface area contributed by atoms with Gasteiger partial charge in [-0.2, -0.15) is 0 Å². The van der Waals surface area contributed by atoms with Gasteiger partial charge in [0.25, 0.3) is 5.91 Å². The molecule has 0 spiro atoms. The number of benzene rings is 2. The number of thiocarbonyl (C=S) groups is 1. The van der Waals surface area contributed by atoms with Gasteiger partial charge in [0, 0.05) is 0 Å². The van der Waals surface area contributed by atoms with Gasteiger partial charge in [-0.15, -0.1) is 0 Å². The number of hydrogen-bond acceptors (Lipinski definition) is 5. The third kappa shape index (κ3) is 3.34. The molecule has 1 saturated heterocycles. The Labute approximate surface area is 162 Å². The Morgan fingerprint density at radius 3 is 2.50 bits per heavy atom. The fourth-order valence-corrected chi connectivity index (χ4v) is 4.03. The third-order valence-corrected chi connectivity index (χ3v) is 5.62. The third-order valence-electron chi connectivity index (χ3n) is 4.32. The maximum Gasteiger partial charge on any atom is 0.270 e. The average molecular weight is 386 g/mol. The van der Waals surface area contributed by atoms with Crippen LogP contribution in [0.25, 0.3) is 6.08 Å². The van der Waals surface area contributed by atoms with Crippen LogP contribution in [0.2, 0.25) is 0 Å². The van der Waals surface area contributed by atoms with Gasteiger partial charge < -0.3 is 9.47 Å². The zero-order chi connectivity index (χ0) is 18.8. The highest BCUT2D eigenvalue weighted by Crippen LogP contribution is 2.38. The quantitative estimate of drug-likeness (QED) is 0.562. The van der Waals surface area contributed by atoms with Crippen molar-refractivity contribution in [2.24, 2.45) is 0 Å². The summed E-state index contributed by atoms with van der Waals surface area (Å²) in [6.07, 6.45) is 1.83. The normalized spacial score (nSPS) is 15.7. The number of carbonyl (C=O) groups is 1. The number of amides is 1. The van der Waals surface area contributed by atoms with Gasteiger partial charge >= 0.3 is 0 Å². The summed E-state index contributed by atoms with van der Waals surface area (Å²) in [6, 6.07) is 11.4. The zero-order valence-corrected chi connectivity index (χ0v) is 16.7. The Kier molecular flexibility index (Phi) is 5.34. The molecule has 4 nitrogen and oxygen atoms in total. The van der Waals surface area contributed by atoms with Gasteiger partial charge in [0.1, 0.15) is 0 Å². The van der Waals surface area contributed by atoms with Crippen molar-refractivity contribution in [2.45, 2.75) is 13.8 Å². The fourth-order valence-electron chi connectivity index (χ4n) is 2.75. The Morgan fingerprint density at radius 1 is 1.08 bits per heavy atom. The summed E-state index contributed by atoms with van der Waals surface area (Å²) in [5.41, 5.74) is 3.86. The number of nitrogens with zero attached hydrogens (tertiary/aromatic N) is 1. The molecule has 0 aromatic heterocycles. The van der Waals surface area contributed by atoms with E-state index < -0.39 is 0 Å². The van der Waals surface area contributed by atoms with E-state index in [-0.39, 0.29) is 5.91 Å². The summed E-state index contributed by atoms with van der Waals surface area (Å²) in [5, 5.41) is 0. The highest BCUT2D eigenvalue weighted by molar-refractivity contribution is 8.27. The van der Waals surface area contributed by atoms with E-state index in [2.05, 4.69) is 0 Å². The first-order valence-electron chi connectivity index (χ1n) is 8.02. The molecule has 0 N–H and O–H groups in total. The molecule has 0 unspecified atom stereocenters. The number of thioether (sulfide) groups is 1. The summed E-state index contributed by atoms with van der Waals surface area (Å²) in [6.45, 7) is 4.03. The second-order valence-corrected chi connectivity index (χ2v) is 7.53. The SMILES string of the molecule is COc1ccc(C=C2SC(=S)N(c3cccc(C)c3C)C2=O)cc1OC. The highest BCUT2D eigenvalue weighted by Gasteiger charge is 2.34. The molecule has 26 heavy (non-hydrogen) atoms. The molecule has 134 valence electrons. The first-order valence-corrected chi connectivity index (χ1v) is 9.25. The second kappa shape index (κ2) is 7.51. The molecule has 2 aromatic carbocycles. The van der Waals surface area contributed by atoms with Gasteiger partial charge in [-0.05, 0) is 54.8 Å². The number of rotatable bonds is 4. The van der Waals surface area contributed by atoms with Crippen LogP contribution in [0.15, 0.2) is 41.3 Å². The molecule has 1 aliphatic rings. The maximum atomic E-state index is 13.0. The lowest BCUT2D eigenvalue weighted by Crippen LogP contribution is -2.28. The number of carbonyl (C=O) groups excluding carboxylic acids is 1. The minimum Gasteiger partial charge on any atom is -0.493 e. The van der Waals surface area contributed by atoms with Gasteiger partial charge in [-0.25, -0.2) is 0 Å². The molecule has 0 saturated carbocycles. The summed E-state index contributed by atoms with van der Waals surface area (Å²) < 4.78 is 11.1. The van der Waals surface area contributed by atoms with Crippen LogP contribution >= 0.6 is 24.0 Å². The number of methoxy groups -OCH3 is 2. The predicted octanol–water partition coefficient (Wildman–Crippen LogP) is 4.73. The van der Waals surface area contributed by atoms with E-state index >= 15 is 0 Å².